The Morgan fingerprint density at radius 1 is 0.900 bits per heavy atom. The molecule has 3 aromatic carbocycles. The molecule has 5 rings (SSSR count). The number of hydrogen-bond donors (Lipinski definition) is 0. The number of methoxy groups -OCH3 is 2. The number of ether oxygens (including phenoxy) is 2. The average molecular weight is 421 g/mol. The third-order valence-corrected chi connectivity index (χ3v) is 7.10. The summed E-state index contributed by atoms with van der Waals surface area (Å²) in [6, 6.07) is 17.8. The van der Waals surface area contributed by atoms with Crippen molar-refractivity contribution in [1.29, 1.82) is 0 Å². The Hall–Kier alpha value is -3.45. The van der Waals surface area contributed by atoms with Gasteiger partial charge in [-0.1, -0.05) is 24.3 Å². The van der Waals surface area contributed by atoms with Gasteiger partial charge in [-0.3, -0.25) is 4.90 Å². The first kappa shape index (κ1) is 18.6. The Morgan fingerprint density at radius 3 is 2.23 bits per heavy atom. The quantitative estimate of drug-likeness (QED) is 0.390. The fourth-order valence-corrected chi connectivity index (χ4v) is 5.70. The lowest BCUT2D eigenvalue weighted by Crippen LogP contribution is -2.22. The molecule has 152 valence electrons. The first-order valence-electron chi connectivity index (χ1n) is 9.35. The minimum atomic E-state index is -3.79. The summed E-state index contributed by atoms with van der Waals surface area (Å²) in [5, 5.41) is 0.539. The summed E-state index contributed by atoms with van der Waals surface area (Å²) in [4.78, 5) is 2.11. The highest BCUT2D eigenvalue weighted by atomic mass is 32.2. The molecule has 0 unspecified atom stereocenters. The number of sulfone groups is 1. The second kappa shape index (κ2) is 6.53. The van der Waals surface area contributed by atoms with Crippen molar-refractivity contribution in [1.82, 2.24) is 0 Å². The standard InChI is InChI=1S/C23H19NO5S/c1-14-12-18(27-2)21(19(13-14)28-3)24-16-9-5-7-11-20(16)30(25,26)22-15-8-4-6-10-17(15)29-23(22)24/h4-13H,1-3H3. The van der Waals surface area contributed by atoms with Crippen LogP contribution in [0.1, 0.15) is 5.56 Å². The van der Waals surface area contributed by atoms with E-state index in [9.17, 15) is 8.42 Å². The van der Waals surface area contributed by atoms with E-state index in [0.717, 1.165) is 5.56 Å². The van der Waals surface area contributed by atoms with Crippen LogP contribution in [0.2, 0.25) is 0 Å². The first-order valence-corrected chi connectivity index (χ1v) is 10.8. The Balaban J connectivity index is 1.95. The molecule has 0 bridgehead atoms. The minimum Gasteiger partial charge on any atom is -0.494 e. The van der Waals surface area contributed by atoms with Crippen LogP contribution < -0.4 is 14.4 Å². The fraction of sp³-hybridized carbons (Fsp3) is 0.130. The van der Waals surface area contributed by atoms with E-state index < -0.39 is 9.84 Å². The molecule has 0 radical (unpaired) electrons. The van der Waals surface area contributed by atoms with Gasteiger partial charge in [-0.05, 0) is 48.9 Å². The van der Waals surface area contributed by atoms with Crippen LogP contribution in [0.4, 0.5) is 17.3 Å². The van der Waals surface area contributed by atoms with Crippen LogP contribution in [0.25, 0.3) is 11.0 Å². The maximum Gasteiger partial charge on any atom is 0.225 e. The van der Waals surface area contributed by atoms with E-state index in [1.807, 2.05) is 25.1 Å². The van der Waals surface area contributed by atoms with Crippen LogP contribution >= 0.6 is 0 Å². The summed E-state index contributed by atoms with van der Waals surface area (Å²) in [6.45, 7) is 1.94. The van der Waals surface area contributed by atoms with Crippen LogP contribution in [0.5, 0.6) is 11.5 Å². The van der Waals surface area contributed by atoms with Gasteiger partial charge in [-0.2, -0.15) is 0 Å². The van der Waals surface area contributed by atoms with Gasteiger partial charge in [-0.25, -0.2) is 8.42 Å². The molecular formula is C23H19NO5S. The van der Waals surface area contributed by atoms with E-state index in [-0.39, 0.29) is 15.7 Å². The van der Waals surface area contributed by atoms with Gasteiger partial charge in [0.1, 0.15) is 27.7 Å². The van der Waals surface area contributed by atoms with Gasteiger partial charge in [0, 0.05) is 5.39 Å². The Bertz CT molecular complexity index is 1380. The summed E-state index contributed by atoms with van der Waals surface area (Å²) in [5.41, 5.74) is 2.50. The van der Waals surface area contributed by atoms with Crippen LogP contribution in [0.3, 0.4) is 0 Å². The second-order valence-corrected chi connectivity index (χ2v) is 8.91. The van der Waals surface area contributed by atoms with Gasteiger partial charge in [0.15, 0.2) is 0 Å². The predicted octanol–water partition coefficient (Wildman–Crippen LogP) is 5.37. The van der Waals surface area contributed by atoms with Crippen LogP contribution in [-0.2, 0) is 9.84 Å². The van der Waals surface area contributed by atoms with Crippen molar-refractivity contribution in [2.75, 3.05) is 19.1 Å². The van der Waals surface area contributed by atoms with Crippen molar-refractivity contribution in [3.63, 3.8) is 0 Å². The van der Waals surface area contributed by atoms with E-state index in [4.69, 9.17) is 13.9 Å². The summed E-state index contributed by atoms with van der Waals surface area (Å²) >= 11 is 0. The number of nitrogens with zero attached hydrogens (tertiary/aromatic N) is 1. The van der Waals surface area contributed by atoms with Crippen LogP contribution in [0, 0.1) is 6.92 Å². The van der Waals surface area contributed by atoms with Crippen molar-refractivity contribution >= 4 is 38.1 Å². The lowest BCUT2D eigenvalue weighted by Gasteiger charge is -2.31. The molecule has 6 nitrogen and oxygen atoms in total. The van der Waals surface area contributed by atoms with Crippen molar-refractivity contribution in [2.45, 2.75) is 16.7 Å². The van der Waals surface area contributed by atoms with E-state index in [0.29, 0.717) is 33.8 Å². The number of rotatable bonds is 3. The summed E-state index contributed by atoms with van der Waals surface area (Å²) in [7, 11) is -0.643. The van der Waals surface area contributed by atoms with Crippen molar-refractivity contribution < 1.29 is 22.3 Å². The summed E-state index contributed by atoms with van der Waals surface area (Å²) < 4.78 is 44.6. The Morgan fingerprint density at radius 2 is 1.53 bits per heavy atom. The van der Waals surface area contributed by atoms with Gasteiger partial charge in [-0.15, -0.1) is 0 Å². The topological polar surface area (TPSA) is 69.0 Å². The molecule has 2 heterocycles. The predicted molar refractivity (Wildman–Crippen MR) is 114 cm³/mol. The zero-order valence-electron chi connectivity index (χ0n) is 16.7. The molecule has 1 aromatic heterocycles. The Kier molecular flexibility index (Phi) is 4.04. The van der Waals surface area contributed by atoms with Gasteiger partial charge in [0.2, 0.25) is 15.7 Å². The number of aryl methyl sites for hydroxylation is 1. The van der Waals surface area contributed by atoms with E-state index in [1.165, 1.54) is 0 Å². The molecular weight excluding hydrogens is 402 g/mol. The number of anilines is 3. The summed E-state index contributed by atoms with van der Waals surface area (Å²) in [5.74, 6) is 1.31. The molecule has 0 N–H and O–H groups in total. The zero-order valence-corrected chi connectivity index (χ0v) is 17.5. The average Bonchev–Trinajstić information content (AvgIpc) is 3.14. The van der Waals surface area contributed by atoms with Crippen LogP contribution in [0.15, 0.2) is 74.9 Å². The van der Waals surface area contributed by atoms with Gasteiger partial charge in [0.25, 0.3) is 0 Å². The molecule has 0 saturated heterocycles. The Labute approximate surface area is 174 Å². The molecule has 0 amide bonds. The van der Waals surface area contributed by atoms with Crippen LogP contribution in [-0.4, -0.2) is 22.6 Å². The molecule has 1 aliphatic heterocycles. The molecule has 30 heavy (non-hydrogen) atoms. The molecule has 7 heteroatoms. The molecule has 4 aromatic rings. The normalized spacial score (nSPS) is 14.3. The van der Waals surface area contributed by atoms with Gasteiger partial charge >= 0.3 is 0 Å². The van der Waals surface area contributed by atoms with Crippen molar-refractivity contribution in [3.05, 3.63) is 66.2 Å². The third kappa shape index (κ3) is 2.45. The number of hydrogen-bond acceptors (Lipinski definition) is 6. The number of para-hydroxylation sites is 2. The van der Waals surface area contributed by atoms with E-state index >= 15 is 0 Å². The highest BCUT2D eigenvalue weighted by Crippen LogP contribution is 2.55. The van der Waals surface area contributed by atoms with E-state index in [1.54, 1.807) is 61.6 Å². The third-order valence-electron chi connectivity index (χ3n) is 5.25. The highest BCUT2D eigenvalue weighted by molar-refractivity contribution is 7.92. The monoisotopic (exact) mass is 421 g/mol. The molecule has 0 atom stereocenters. The fourth-order valence-electron chi connectivity index (χ4n) is 3.97. The molecule has 0 saturated carbocycles. The largest absolute Gasteiger partial charge is 0.494 e. The molecule has 0 aliphatic carbocycles. The van der Waals surface area contributed by atoms with Gasteiger partial charge in [0.05, 0.1) is 24.8 Å². The van der Waals surface area contributed by atoms with Crippen molar-refractivity contribution in [2.24, 2.45) is 0 Å². The molecule has 0 spiro atoms. The first-order chi connectivity index (χ1) is 14.5. The SMILES string of the molecule is COc1cc(C)cc(OC)c1N1c2ccccc2S(=O)(=O)c2c1oc1ccccc21. The summed E-state index contributed by atoms with van der Waals surface area (Å²) in [6.07, 6.45) is 0. The minimum absolute atomic E-state index is 0.140. The second-order valence-electron chi connectivity index (χ2n) is 7.06. The lowest BCUT2D eigenvalue weighted by molar-refractivity contribution is 0.395. The van der Waals surface area contributed by atoms with Gasteiger partial charge < -0.3 is 13.9 Å². The number of benzene rings is 3. The smallest absolute Gasteiger partial charge is 0.225 e. The van der Waals surface area contributed by atoms with E-state index in [2.05, 4.69) is 0 Å². The number of fused-ring (bicyclic) bond motifs is 4. The highest BCUT2D eigenvalue weighted by Gasteiger charge is 2.41. The maximum atomic E-state index is 13.6. The zero-order chi connectivity index (χ0) is 21.0. The lowest BCUT2D eigenvalue weighted by atomic mass is 10.1. The maximum absolute atomic E-state index is 13.6. The molecule has 1 aliphatic rings. The van der Waals surface area contributed by atoms with Crippen molar-refractivity contribution in [3.8, 4) is 11.5 Å². The number of furan rings is 1. The molecule has 0 fully saturated rings.